The number of carbonyl (C=O) groups is 3. The van der Waals surface area contributed by atoms with Gasteiger partial charge in [-0.05, 0) is 37.1 Å². The van der Waals surface area contributed by atoms with Crippen LogP contribution in [0.2, 0.25) is 0 Å². The van der Waals surface area contributed by atoms with Crippen LogP contribution in [-0.4, -0.2) is 49.6 Å². The lowest BCUT2D eigenvalue weighted by Crippen LogP contribution is -2.33. The van der Waals surface area contributed by atoms with Crippen LogP contribution in [0.5, 0.6) is 11.5 Å². The van der Waals surface area contributed by atoms with Crippen LogP contribution in [0.25, 0.3) is 0 Å². The molecule has 1 heterocycles. The first-order valence-corrected chi connectivity index (χ1v) is 9.03. The molecular weight excluding hydrogens is 350 g/mol. The van der Waals surface area contributed by atoms with Crippen LogP contribution in [0, 0.1) is 11.8 Å². The fourth-order valence-corrected chi connectivity index (χ4v) is 3.35. The van der Waals surface area contributed by atoms with E-state index in [0.717, 1.165) is 5.75 Å². The number of methoxy groups -OCH3 is 1. The van der Waals surface area contributed by atoms with Gasteiger partial charge in [0.2, 0.25) is 11.8 Å². The van der Waals surface area contributed by atoms with Crippen molar-refractivity contribution in [1.29, 1.82) is 0 Å². The van der Waals surface area contributed by atoms with E-state index in [1.165, 1.54) is 4.90 Å². The fourth-order valence-electron chi connectivity index (χ4n) is 3.35. The minimum Gasteiger partial charge on any atom is -0.497 e. The molecule has 1 fully saturated rings. The van der Waals surface area contributed by atoms with Gasteiger partial charge < -0.3 is 14.2 Å². The maximum atomic E-state index is 12.3. The van der Waals surface area contributed by atoms with E-state index in [0.29, 0.717) is 18.6 Å². The molecule has 0 spiro atoms. The van der Waals surface area contributed by atoms with Crippen LogP contribution in [-0.2, 0) is 19.1 Å². The van der Waals surface area contributed by atoms with Gasteiger partial charge in [-0.2, -0.15) is 0 Å². The first kappa shape index (κ1) is 18.9. The minimum atomic E-state index is -0.457. The van der Waals surface area contributed by atoms with Crippen molar-refractivity contribution in [1.82, 2.24) is 4.90 Å². The Morgan fingerprint density at radius 3 is 2.19 bits per heavy atom. The molecule has 1 aromatic carbocycles. The molecule has 7 nitrogen and oxygen atoms in total. The van der Waals surface area contributed by atoms with Crippen molar-refractivity contribution in [2.75, 3.05) is 26.9 Å². The highest BCUT2D eigenvalue weighted by Crippen LogP contribution is 2.35. The van der Waals surface area contributed by atoms with Gasteiger partial charge in [0.05, 0.1) is 25.4 Å². The highest BCUT2D eigenvalue weighted by Gasteiger charge is 2.46. The second-order valence-electron chi connectivity index (χ2n) is 6.48. The zero-order valence-corrected chi connectivity index (χ0v) is 15.3. The van der Waals surface area contributed by atoms with E-state index >= 15 is 0 Å². The van der Waals surface area contributed by atoms with Crippen molar-refractivity contribution in [3.05, 3.63) is 36.4 Å². The third-order valence-electron chi connectivity index (χ3n) is 4.81. The Labute approximate surface area is 157 Å². The van der Waals surface area contributed by atoms with Gasteiger partial charge >= 0.3 is 5.97 Å². The molecule has 0 bridgehead atoms. The van der Waals surface area contributed by atoms with Crippen molar-refractivity contribution in [2.45, 2.75) is 19.3 Å². The molecule has 2 amide bonds. The molecule has 0 radical (unpaired) electrons. The predicted molar refractivity (Wildman–Crippen MR) is 96.1 cm³/mol. The predicted octanol–water partition coefficient (Wildman–Crippen LogP) is 1.96. The van der Waals surface area contributed by atoms with Crippen molar-refractivity contribution >= 4 is 17.8 Å². The number of amides is 2. The Balaban J connectivity index is 1.36. The molecule has 1 saturated heterocycles. The van der Waals surface area contributed by atoms with Gasteiger partial charge in [-0.15, -0.1) is 0 Å². The summed E-state index contributed by atoms with van der Waals surface area (Å²) in [5.74, 6) is 0.0384. The van der Waals surface area contributed by atoms with Crippen molar-refractivity contribution in [3.8, 4) is 11.5 Å². The van der Waals surface area contributed by atoms with Gasteiger partial charge in [-0.25, -0.2) is 0 Å². The van der Waals surface area contributed by atoms with Gasteiger partial charge in [0.1, 0.15) is 24.7 Å². The molecular formula is C20H23NO6. The van der Waals surface area contributed by atoms with E-state index in [9.17, 15) is 14.4 Å². The number of allylic oxidation sites excluding steroid dienone is 2. The van der Waals surface area contributed by atoms with Crippen molar-refractivity contribution < 1.29 is 28.6 Å². The maximum Gasteiger partial charge on any atom is 0.307 e. The summed E-state index contributed by atoms with van der Waals surface area (Å²) in [6, 6.07) is 7.08. The smallest absolute Gasteiger partial charge is 0.307 e. The number of esters is 1. The van der Waals surface area contributed by atoms with Crippen LogP contribution in [0.15, 0.2) is 36.4 Å². The average Bonchev–Trinajstić information content (AvgIpc) is 2.94. The van der Waals surface area contributed by atoms with Crippen molar-refractivity contribution in [3.63, 3.8) is 0 Å². The number of hydrogen-bond donors (Lipinski definition) is 0. The summed E-state index contributed by atoms with van der Waals surface area (Å²) in [7, 11) is 1.59. The molecule has 0 aromatic heterocycles. The number of fused-ring (bicyclic) bond motifs is 1. The van der Waals surface area contributed by atoms with Gasteiger partial charge in [-0.1, -0.05) is 12.2 Å². The molecule has 144 valence electrons. The summed E-state index contributed by atoms with van der Waals surface area (Å²) in [6.45, 7) is 0.389. The fraction of sp³-hybridized carbons (Fsp3) is 0.450. The molecule has 2 aliphatic rings. The Kier molecular flexibility index (Phi) is 6.11. The summed E-state index contributed by atoms with van der Waals surface area (Å²) in [4.78, 5) is 37.7. The average molecular weight is 373 g/mol. The van der Waals surface area contributed by atoms with E-state index in [1.54, 1.807) is 31.4 Å². The standard InChI is InChI=1S/C20H23NO6/c1-25-14-6-8-15(9-7-14)26-12-13-27-18(22)10-11-21-19(23)16-4-2-3-5-17(16)20(21)24/h2-3,6-9,16-17H,4-5,10-13H2,1H3/t16-,17+. The second kappa shape index (κ2) is 8.70. The molecule has 1 aliphatic carbocycles. The number of ether oxygens (including phenoxy) is 3. The summed E-state index contributed by atoms with van der Waals surface area (Å²) in [6.07, 6.45) is 5.06. The van der Waals surface area contributed by atoms with Crippen LogP contribution in [0.4, 0.5) is 0 Å². The van der Waals surface area contributed by atoms with Gasteiger partial charge in [0.15, 0.2) is 0 Å². The van der Waals surface area contributed by atoms with Crippen LogP contribution >= 0.6 is 0 Å². The number of rotatable bonds is 8. The Morgan fingerprint density at radius 1 is 1.00 bits per heavy atom. The SMILES string of the molecule is COc1ccc(OCCOC(=O)CCN2C(=O)[C@H]3CC=CC[C@H]3C2=O)cc1. The van der Waals surface area contributed by atoms with E-state index in [2.05, 4.69) is 0 Å². The van der Waals surface area contributed by atoms with Crippen molar-refractivity contribution in [2.24, 2.45) is 11.8 Å². The van der Waals surface area contributed by atoms with Gasteiger partial charge in [-0.3, -0.25) is 19.3 Å². The third-order valence-corrected chi connectivity index (χ3v) is 4.81. The van der Waals surface area contributed by atoms with Crippen LogP contribution in [0.3, 0.4) is 0 Å². The lowest BCUT2D eigenvalue weighted by molar-refractivity contribution is -0.146. The van der Waals surface area contributed by atoms with Gasteiger partial charge in [0.25, 0.3) is 0 Å². The van der Waals surface area contributed by atoms with Crippen LogP contribution in [0.1, 0.15) is 19.3 Å². The van der Waals surface area contributed by atoms with Gasteiger partial charge in [0, 0.05) is 6.54 Å². The quantitative estimate of drug-likeness (QED) is 0.300. The number of benzene rings is 1. The summed E-state index contributed by atoms with van der Waals surface area (Å²) in [5.41, 5.74) is 0. The first-order valence-electron chi connectivity index (χ1n) is 9.03. The number of nitrogens with zero attached hydrogens (tertiary/aromatic N) is 1. The molecule has 0 saturated carbocycles. The second-order valence-corrected chi connectivity index (χ2v) is 6.48. The number of imide groups is 1. The summed E-state index contributed by atoms with van der Waals surface area (Å²) < 4.78 is 15.6. The highest BCUT2D eigenvalue weighted by atomic mass is 16.6. The molecule has 0 N–H and O–H groups in total. The summed E-state index contributed by atoms with van der Waals surface area (Å²) >= 11 is 0. The monoisotopic (exact) mass is 373 g/mol. The molecule has 0 unspecified atom stereocenters. The molecule has 1 aromatic rings. The molecule has 1 aliphatic heterocycles. The normalized spacial score (nSPS) is 21.1. The van der Waals surface area contributed by atoms with E-state index in [4.69, 9.17) is 14.2 Å². The third kappa shape index (κ3) is 4.48. The zero-order chi connectivity index (χ0) is 19.2. The lowest BCUT2D eigenvalue weighted by Gasteiger charge is -2.14. The summed E-state index contributed by atoms with van der Waals surface area (Å²) in [5, 5.41) is 0. The van der Waals surface area contributed by atoms with E-state index in [1.807, 2.05) is 12.2 Å². The lowest BCUT2D eigenvalue weighted by atomic mass is 9.85. The highest BCUT2D eigenvalue weighted by molar-refractivity contribution is 6.05. The zero-order valence-electron chi connectivity index (χ0n) is 15.3. The Bertz CT molecular complexity index is 700. The van der Waals surface area contributed by atoms with E-state index in [-0.39, 0.29) is 49.8 Å². The Hall–Kier alpha value is -2.83. The number of hydrogen-bond acceptors (Lipinski definition) is 6. The number of carbonyl (C=O) groups excluding carboxylic acids is 3. The largest absolute Gasteiger partial charge is 0.497 e. The minimum absolute atomic E-state index is 0.00706. The molecule has 3 rings (SSSR count). The molecule has 2 atom stereocenters. The Morgan fingerprint density at radius 2 is 1.59 bits per heavy atom. The van der Waals surface area contributed by atoms with Crippen LogP contribution < -0.4 is 9.47 Å². The van der Waals surface area contributed by atoms with E-state index < -0.39 is 5.97 Å². The molecule has 27 heavy (non-hydrogen) atoms. The number of likely N-dealkylation sites (tertiary alicyclic amines) is 1. The molecule has 7 heteroatoms. The topological polar surface area (TPSA) is 82.1 Å². The first-order chi connectivity index (χ1) is 13.1. The maximum absolute atomic E-state index is 12.3.